The number of nitrogens with two attached hydrogens (primary N) is 1. The zero-order valence-electron chi connectivity index (χ0n) is 32.6. The number of hydrogen-bond acceptors (Lipinski definition) is 8. The smallest absolute Gasteiger partial charge is 0.407 e. The van der Waals surface area contributed by atoms with Crippen molar-refractivity contribution in [1.82, 2.24) is 19.7 Å². The molecule has 2 amide bonds. The highest BCUT2D eigenvalue weighted by Gasteiger charge is 2.35. The van der Waals surface area contributed by atoms with Gasteiger partial charge in [0, 0.05) is 60.4 Å². The Bertz CT molecular complexity index is 2020. The molecule has 3 aliphatic heterocycles. The van der Waals surface area contributed by atoms with Crippen LogP contribution in [0.2, 0.25) is 0 Å². The van der Waals surface area contributed by atoms with E-state index in [9.17, 15) is 18.4 Å². The van der Waals surface area contributed by atoms with Gasteiger partial charge >= 0.3 is 6.09 Å². The molecule has 2 fully saturated rings. The Labute approximate surface area is 321 Å². The normalized spacial score (nSPS) is 20.6. The van der Waals surface area contributed by atoms with Gasteiger partial charge in [0.15, 0.2) is 6.73 Å². The molecule has 0 saturated carbocycles. The topological polar surface area (TPSA) is 127 Å². The van der Waals surface area contributed by atoms with Crippen LogP contribution >= 0.6 is 0 Å². The van der Waals surface area contributed by atoms with Crippen molar-refractivity contribution in [2.24, 2.45) is 21.6 Å². The fourth-order valence-electron chi connectivity index (χ4n) is 7.72. The van der Waals surface area contributed by atoms with Crippen LogP contribution < -0.4 is 15.8 Å². The number of nitrogens with zero attached hydrogens (tertiary/aromatic N) is 5. The van der Waals surface area contributed by atoms with E-state index in [0.717, 1.165) is 88.2 Å². The third-order valence-corrected chi connectivity index (χ3v) is 11.1. The molecule has 0 bridgehead atoms. The van der Waals surface area contributed by atoms with Crippen LogP contribution in [0, 0.1) is 5.92 Å². The Balaban J connectivity index is 1.14. The van der Waals surface area contributed by atoms with E-state index in [0.29, 0.717) is 19.7 Å². The van der Waals surface area contributed by atoms with Gasteiger partial charge in [-0.05, 0) is 112 Å². The Morgan fingerprint density at radius 2 is 1.75 bits per heavy atom. The number of carbonyl (C=O) groups excluding carboxylic acids is 2. The molecule has 3 aromatic rings. The van der Waals surface area contributed by atoms with Crippen molar-refractivity contribution in [3.05, 3.63) is 66.0 Å². The third-order valence-electron chi connectivity index (χ3n) is 11.1. The summed E-state index contributed by atoms with van der Waals surface area (Å²) in [5.74, 6) is 0.349. The summed E-state index contributed by atoms with van der Waals surface area (Å²) in [4.78, 5) is 37.6. The first-order valence-electron chi connectivity index (χ1n) is 19.1. The predicted octanol–water partition coefficient (Wildman–Crippen LogP) is 7.34. The molecule has 0 aliphatic carbocycles. The van der Waals surface area contributed by atoms with Crippen LogP contribution in [-0.2, 0) is 16.3 Å². The molecule has 0 unspecified atom stereocenters. The molecule has 1 aromatic heterocycles. The zero-order chi connectivity index (χ0) is 39.4. The molecule has 13 heteroatoms. The Morgan fingerprint density at radius 1 is 1.02 bits per heavy atom. The number of amides is 2. The summed E-state index contributed by atoms with van der Waals surface area (Å²) in [5, 5.41) is 4.06. The first kappa shape index (κ1) is 39.8. The number of alkyl halides is 2. The fourth-order valence-corrected chi connectivity index (χ4v) is 7.72. The second kappa shape index (κ2) is 17.3. The molecule has 294 valence electrons. The molecule has 2 saturated heterocycles. The predicted molar refractivity (Wildman–Crippen MR) is 214 cm³/mol. The van der Waals surface area contributed by atoms with Crippen molar-refractivity contribution >= 4 is 46.0 Å². The molecular formula is C42H53F2N7O4. The molecule has 3 aliphatic rings. The highest BCUT2D eigenvalue weighted by molar-refractivity contribution is 5.92. The van der Waals surface area contributed by atoms with Gasteiger partial charge in [0.05, 0.1) is 24.4 Å². The average molecular weight is 758 g/mol. The molecule has 3 N–H and O–H groups in total. The van der Waals surface area contributed by atoms with E-state index >= 15 is 0 Å². The summed E-state index contributed by atoms with van der Waals surface area (Å²) in [7, 11) is 1.39. The van der Waals surface area contributed by atoms with Gasteiger partial charge in [0.2, 0.25) is 5.91 Å². The molecule has 2 aromatic carbocycles. The lowest BCUT2D eigenvalue weighted by Gasteiger charge is -2.31. The number of ether oxygens (including phenoxy) is 2. The first-order chi connectivity index (χ1) is 26.4. The molecular weight excluding hydrogens is 705 g/mol. The maximum atomic E-state index is 13.0. The molecule has 55 heavy (non-hydrogen) atoms. The summed E-state index contributed by atoms with van der Waals surface area (Å²) < 4.78 is 39.4. The molecule has 0 radical (unpaired) electrons. The van der Waals surface area contributed by atoms with Crippen LogP contribution in [0.5, 0.6) is 5.75 Å². The fraction of sp³-hybridized carbons (Fsp3) is 0.476. The van der Waals surface area contributed by atoms with E-state index < -0.39 is 24.5 Å². The number of fused-ring (bicyclic) bond motifs is 5. The van der Waals surface area contributed by atoms with Crippen LogP contribution in [-0.4, -0.2) is 95.6 Å². The second-order valence-corrected chi connectivity index (χ2v) is 15.1. The SMILES string of the molecule is COC(=O)N[C@@H](CN1CCC[C@@H]1C(C)=N/C=C(\C)c1ccc2c(c1)OCn1c-2cc2cc(/C(C)=C/N=C[C@@H]3CCCN3C(=O)[C@@H](N)C(F)F)ccc21)C(C)C. The van der Waals surface area contributed by atoms with Crippen LogP contribution in [0.15, 0.2) is 64.8 Å². The molecule has 11 nitrogen and oxygen atoms in total. The van der Waals surface area contributed by atoms with Gasteiger partial charge in [-0.1, -0.05) is 26.0 Å². The Morgan fingerprint density at radius 3 is 2.49 bits per heavy atom. The van der Waals surface area contributed by atoms with Gasteiger partial charge in [0.1, 0.15) is 11.8 Å². The van der Waals surface area contributed by atoms with Crippen molar-refractivity contribution in [3.63, 3.8) is 0 Å². The van der Waals surface area contributed by atoms with Crippen LogP contribution in [0.3, 0.4) is 0 Å². The zero-order valence-corrected chi connectivity index (χ0v) is 32.6. The number of alkyl carbamates (subject to hydrolysis) is 1. The van der Waals surface area contributed by atoms with Crippen molar-refractivity contribution < 1.29 is 27.8 Å². The number of nitrogens with one attached hydrogen (secondary N) is 1. The van der Waals surface area contributed by atoms with Crippen LogP contribution in [0.4, 0.5) is 13.6 Å². The average Bonchev–Trinajstić information content (AvgIpc) is 3.94. The van der Waals surface area contributed by atoms with Gasteiger partial charge in [-0.2, -0.15) is 0 Å². The summed E-state index contributed by atoms with van der Waals surface area (Å²) in [5.41, 5.74) is 13.6. The number of halogens is 2. The van der Waals surface area contributed by atoms with Crippen LogP contribution in [0.1, 0.15) is 71.4 Å². The minimum absolute atomic E-state index is 0.0134. The van der Waals surface area contributed by atoms with Crippen molar-refractivity contribution in [1.29, 1.82) is 0 Å². The second-order valence-electron chi connectivity index (χ2n) is 15.1. The maximum absolute atomic E-state index is 13.0. The molecule has 4 atom stereocenters. The number of allylic oxidation sites excluding steroid dienone is 2. The van der Waals surface area contributed by atoms with Gasteiger partial charge in [-0.25, -0.2) is 13.6 Å². The lowest BCUT2D eigenvalue weighted by atomic mass is 10.0. The van der Waals surface area contributed by atoms with Gasteiger partial charge in [-0.15, -0.1) is 0 Å². The summed E-state index contributed by atoms with van der Waals surface area (Å²) in [6, 6.07) is 12.8. The number of aromatic nitrogens is 1. The van der Waals surface area contributed by atoms with Gasteiger partial charge in [-0.3, -0.25) is 19.7 Å². The van der Waals surface area contributed by atoms with Gasteiger partial charge in [0.25, 0.3) is 6.43 Å². The summed E-state index contributed by atoms with van der Waals surface area (Å²) in [6.07, 6.45) is 5.52. The monoisotopic (exact) mass is 757 g/mol. The minimum Gasteiger partial charge on any atom is -0.472 e. The molecule has 6 rings (SSSR count). The lowest BCUT2D eigenvalue weighted by Crippen LogP contribution is -2.49. The quantitative estimate of drug-likeness (QED) is 0.186. The van der Waals surface area contributed by atoms with Gasteiger partial charge < -0.3 is 30.0 Å². The maximum Gasteiger partial charge on any atom is 0.407 e. The number of aliphatic imine (C=N–C) groups is 2. The number of methoxy groups -OCH3 is 1. The number of rotatable bonds is 12. The van der Waals surface area contributed by atoms with E-state index in [1.54, 1.807) is 12.4 Å². The highest BCUT2D eigenvalue weighted by atomic mass is 19.3. The van der Waals surface area contributed by atoms with Crippen LogP contribution in [0.25, 0.3) is 33.3 Å². The van der Waals surface area contributed by atoms with E-state index in [1.807, 2.05) is 19.2 Å². The first-order valence-corrected chi connectivity index (χ1v) is 19.1. The highest BCUT2D eigenvalue weighted by Crippen LogP contribution is 2.40. The Kier molecular flexibility index (Phi) is 12.5. The van der Waals surface area contributed by atoms with E-state index in [1.165, 1.54) is 12.0 Å². The summed E-state index contributed by atoms with van der Waals surface area (Å²) in [6.45, 7) is 12.8. The number of benzene rings is 2. The number of hydrogen-bond donors (Lipinski definition) is 2. The number of carbonyl (C=O) groups is 2. The summed E-state index contributed by atoms with van der Waals surface area (Å²) >= 11 is 0. The number of likely N-dealkylation sites (tertiary alicyclic amines) is 2. The molecule has 4 heterocycles. The standard InChI is InChI=1S/C42H53F2N7O4/c1-25(2)34(48-42(53)54-6)23-49-15-8-10-35(49)28(5)47-21-27(4)30-11-13-33-37-18-31-17-29(12-14-36(31)51(37)24-55-38(33)19-30)26(3)20-46-22-32-9-7-16-50(32)41(52)39(45)40(43)44/h11-14,17-22,25,32,34-35,39-40H,7-10,15-16,23-24,45H2,1-6H3,(H,48,53)/b26-20+,27-21+,46-22?,47-28?/t32-,34-,35+,39-/m0/s1. The van der Waals surface area contributed by atoms with Crippen molar-refractivity contribution in [3.8, 4) is 17.0 Å². The lowest BCUT2D eigenvalue weighted by molar-refractivity contribution is -0.135. The largest absolute Gasteiger partial charge is 0.472 e. The van der Waals surface area contributed by atoms with Crippen molar-refractivity contribution in [2.45, 2.75) is 97.6 Å². The van der Waals surface area contributed by atoms with Crippen molar-refractivity contribution in [2.75, 3.05) is 26.7 Å². The molecule has 0 spiro atoms. The Hall–Kier alpha value is -4.88. The van der Waals surface area contributed by atoms with E-state index in [2.05, 4.69) is 83.9 Å². The van der Waals surface area contributed by atoms with E-state index in [4.69, 9.17) is 20.2 Å². The third kappa shape index (κ3) is 8.83. The van der Waals surface area contributed by atoms with E-state index in [-0.39, 0.29) is 24.0 Å². The minimum atomic E-state index is -2.90.